The predicted molar refractivity (Wildman–Crippen MR) is 131 cm³/mol. The molecule has 0 bridgehead atoms. The zero-order valence-electron chi connectivity index (χ0n) is 18.7. The van der Waals surface area contributed by atoms with Crippen LogP contribution in [-0.4, -0.2) is 17.9 Å². The lowest BCUT2D eigenvalue weighted by Gasteiger charge is -2.14. The van der Waals surface area contributed by atoms with E-state index >= 15 is 0 Å². The van der Waals surface area contributed by atoms with E-state index in [1.165, 1.54) is 37.5 Å². The highest BCUT2D eigenvalue weighted by molar-refractivity contribution is 9.10. The van der Waals surface area contributed by atoms with Gasteiger partial charge in [-0.1, -0.05) is 24.3 Å². The van der Waals surface area contributed by atoms with Crippen molar-refractivity contribution in [1.29, 1.82) is 5.26 Å². The van der Waals surface area contributed by atoms with Crippen LogP contribution < -0.4 is 14.8 Å². The second-order valence-corrected chi connectivity index (χ2v) is 8.15. The molecule has 0 fully saturated rings. The van der Waals surface area contributed by atoms with Crippen molar-refractivity contribution >= 4 is 39.3 Å². The number of anilines is 1. The highest BCUT2D eigenvalue weighted by Gasteiger charge is 2.16. The molecule has 0 saturated heterocycles. The van der Waals surface area contributed by atoms with Gasteiger partial charge in [0.2, 0.25) is 0 Å². The summed E-state index contributed by atoms with van der Waals surface area (Å²) in [5, 5.41) is 23.1. The fourth-order valence-corrected chi connectivity index (χ4v) is 3.67. The number of benzene rings is 3. The van der Waals surface area contributed by atoms with Crippen molar-refractivity contribution in [3.05, 3.63) is 97.3 Å². The number of nitro benzene ring substituents is 1. The number of non-ortho nitro benzene ring substituents is 1. The van der Waals surface area contributed by atoms with Gasteiger partial charge in [0.1, 0.15) is 24.1 Å². The van der Waals surface area contributed by atoms with Crippen molar-refractivity contribution in [1.82, 2.24) is 0 Å². The molecule has 10 heteroatoms. The van der Waals surface area contributed by atoms with Gasteiger partial charge in [0.05, 0.1) is 22.2 Å². The van der Waals surface area contributed by atoms with E-state index in [9.17, 15) is 24.6 Å². The Hall–Kier alpha value is -4.23. The lowest BCUT2D eigenvalue weighted by Crippen LogP contribution is -2.14. The Morgan fingerprint density at radius 1 is 1.26 bits per heavy atom. The first kappa shape index (κ1) is 25.4. The number of carbonyl (C=O) groups excluding carboxylic acids is 1. The third-order valence-corrected chi connectivity index (χ3v) is 5.53. The number of methoxy groups -OCH3 is 1. The van der Waals surface area contributed by atoms with E-state index in [-0.39, 0.29) is 23.6 Å². The average Bonchev–Trinajstić information content (AvgIpc) is 2.83. The van der Waals surface area contributed by atoms with Gasteiger partial charge in [0.15, 0.2) is 11.5 Å². The molecule has 3 aromatic carbocycles. The number of nitrogens with one attached hydrogen (secondary N) is 1. The van der Waals surface area contributed by atoms with Crippen LogP contribution in [0.5, 0.6) is 11.5 Å². The van der Waals surface area contributed by atoms with Gasteiger partial charge < -0.3 is 14.8 Å². The fraction of sp³-hybridized carbons (Fsp3) is 0.120. The number of hydrogen-bond donors (Lipinski definition) is 1. The normalized spacial score (nSPS) is 10.9. The molecule has 0 aliphatic heterocycles. The monoisotopic (exact) mass is 539 g/mol. The number of aryl methyl sites for hydroxylation is 1. The molecule has 8 nitrogen and oxygen atoms in total. The third kappa shape index (κ3) is 6.22. The summed E-state index contributed by atoms with van der Waals surface area (Å²) in [4.78, 5) is 23.2. The molecule has 0 heterocycles. The molecule has 0 aliphatic rings. The van der Waals surface area contributed by atoms with Crippen molar-refractivity contribution in [2.24, 2.45) is 0 Å². The lowest BCUT2D eigenvalue weighted by molar-refractivity contribution is -0.384. The van der Waals surface area contributed by atoms with E-state index in [1.807, 2.05) is 6.07 Å². The smallest absolute Gasteiger partial charge is 0.271 e. The summed E-state index contributed by atoms with van der Waals surface area (Å²) in [5.41, 5.74) is 1.22. The van der Waals surface area contributed by atoms with Crippen LogP contribution in [0.4, 0.5) is 15.8 Å². The summed E-state index contributed by atoms with van der Waals surface area (Å²) < 4.78 is 25.5. The Bertz CT molecular complexity index is 1370. The molecule has 0 unspecified atom stereocenters. The molecule has 0 atom stereocenters. The number of carbonyl (C=O) groups is 1. The summed E-state index contributed by atoms with van der Waals surface area (Å²) in [6.07, 6.45) is 1.34. The molecule has 1 N–H and O–H groups in total. The average molecular weight is 540 g/mol. The molecule has 0 aromatic heterocycles. The van der Waals surface area contributed by atoms with Crippen molar-refractivity contribution in [3.8, 4) is 17.6 Å². The molecule has 3 aromatic rings. The zero-order valence-corrected chi connectivity index (χ0v) is 20.3. The van der Waals surface area contributed by atoms with Crippen LogP contribution >= 0.6 is 15.9 Å². The molecule has 0 aliphatic carbocycles. The van der Waals surface area contributed by atoms with E-state index in [4.69, 9.17) is 9.47 Å². The van der Waals surface area contributed by atoms with Crippen molar-refractivity contribution < 1.29 is 23.6 Å². The van der Waals surface area contributed by atoms with Gasteiger partial charge in [-0.2, -0.15) is 5.26 Å². The first-order valence-electron chi connectivity index (χ1n) is 10.2. The lowest BCUT2D eigenvalue weighted by atomic mass is 10.1. The highest BCUT2D eigenvalue weighted by Crippen LogP contribution is 2.38. The van der Waals surface area contributed by atoms with Gasteiger partial charge in [-0.05, 0) is 58.3 Å². The first-order valence-corrected chi connectivity index (χ1v) is 10.9. The van der Waals surface area contributed by atoms with Gasteiger partial charge in [-0.3, -0.25) is 14.9 Å². The maximum atomic E-state index is 13.9. The summed E-state index contributed by atoms with van der Waals surface area (Å²) in [5.74, 6) is -0.505. The van der Waals surface area contributed by atoms with E-state index in [2.05, 4.69) is 21.2 Å². The molecule has 0 spiro atoms. The van der Waals surface area contributed by atoms with Crippen LogP contribution in [0.25, 0.3) is 6.08 Å². The SMILES string of the molecule is COc1cc(/C=C(\C#N)C(=O)Nc2cc([N+](=O)[O-])ccc2C)cc(Br)c1OCc1ccccc1F. The number of nitriles is 1. The fourth-order valence-electron chi connectivity index (χ4n) is 3.09. The van der Waals surface area contributed by atoms with E-state index in [1.54, 1.807) is 37.3 Å². The molecule has 178 valence electrons. The molecule has 35 heavy (non-hydrogen) atoms. The Labute approximate surface area is 208 Å². The number of nitro groups is 1. The number of halogens is 2. The number of hydrogen-bond acceptors (Lipinski definition) is 6. The maximum absolute atomic E-state index is 13.9. The third-order valence-electron chi connectivity index (χ3n) is 4.94. The number of rotatable bonds is 8. The van der Waals surface area contributed by atoms with Crippen molar-refractivity contribution in [2.75, 3.05) is 12.4 Å². The quantitative estimate of drug-likeness (QED) is 0.164. The minimum absolute atomic E-state index is 0.0365. The van der Waals surface area contributed by atoms with Crippen molar-refractivity contribution in [2.45, 2.75) is 13.5 Å². The summed E-state index contributed by atoms with van der Waals surface area (Å²) in [7, 11) is 1.42. The highest BCUT2D eigenvalue weighted by atomic mass is 79.9. The van der Waals surface area contributed by atoms with Gasteiger partial charge >= 0.3 is 0 Å². The summed E-state index contributed by atoms with van der Waals surface area (Å²) in [6.45, 7) is 1.64. The van der Waals surface area contributed by atoms with E-state index in [0.29, 0.717) is 32.7 Å². The maximum Gasteiger partial charge on any atom is 0.271 e. The minimum Gasteiger partial charge on any atom is -0.493 e. The van der Waals surface area contributed by atoms with Crippen LogP contribution in [0.2, 0.25) is 0 Å². The Morgan fingerprint density at radius 3 is 2.66 bits per heavy atom. The Balaban J connectivity index is 1.85. The molecule has 0 saturated carbocycles. The Kier molecular flexibility index (Phi) is 8.17. The largest absolute Gasteiger partial charge is 0.493 e. The van der Waals surface area contributed by atoms with Gasteiger partial charge in [-0.15, -0.1) is 0 Å². The van der Waals surface area contributed by atoms with Crippen molar-refractivity contribution in [3.63, 3.8) is 0 Å². The number of amides is 1. The predicted octanol–water partition coefficient (Wildman–Crippen LogP) is 5.94. The first-order chi connectivity index (χ1) is 16.7. The zero-order chi connectivity index (χ0) is 25.5. The van der Waals surface area contributed by atoms with Gasteiger partial charge in [0.25, 0.3) is 11.6 Å². The molecular formula is C25H19BrFN3O5. The van der Waals surface area contributed by atoms with Gasteiger partial charge in [0, 0.05) is 17.7 Å². The summed E-state index contributed by atoms with van der Waals surface area (Å²) in [6, 6.07) is 15.3. The standard InChI is InChI=1S/C25H19BrFN3O5/c1-15-7-8-19(30(32)33)12-22(15)29-25(31)18(13-28)9-16-10-20(26)24(23(11-16)34-2)35-14-17-5-3-4-6-21(17)27/h3-12H,14H2,1-2H3,(H,29,31)/b18-9+. The van der Waals surface area contributed by atoms with Crippen LogP contribution in [0.1, 0.15) is 16.7 Å². The topological polar surface area (TPSA) is 114 Å². The number of nitrogens with zero attached hydrogens (tertiary/aromatic N) is 2. The minimum atomic E-state index is -0.730. The second-order valence-electron chi connectivity index (χ2n) is 7.29. The van der Waals surface area contributed by atoms with Crippen LogP contribution in [0, 0.1) is 34.2 Å². The van der Waals surface area contributed by atoms with Crippen LogP contribution in [-0.2, 0) is 11.4 Å². The number of ether oxygens (including phenoxy) is 2. The van der Waals surface area contributed by atoms with E-state index < -0.39 is 16.6 Å². The molecular weight excluding hydrogens is 521 g/mol. The van der Waals surface area contributed by atoms with Gasteiger partial charge in [-0.25, -0.2) is 4.39 Å². The molecule has 3 rings (SSSR count). The second kappa shape index (κ2) is 11.3. The van der Waals surface area contributed by atoms with Crippen LogP contribution in [0.15, 0.2) is 64.6 Å². The molecule has 1 amide bonds. The van der Waals surface area contributed by atoms with Crippen LogP contribution in [0.3, 0.4) is 0 Å². The van der Waals surface area contributed by atoms with E-state index in [0.717, 1.165) is 0 Å². The summed E-state index contributed by atoms with van der Waals surface area (Å²) >= 11 is 3.39. The Morgan fingerprint density at radius 2 is 2.00 bits per heavy atom. The molecule has 0 radical (unpaired) electrons.